The van der Waals surface area contributed by atoms with Gasteiger partial charge in [-0.1, -0.05) is 26.8 Å². The van der Waals surface area contributed by atoms with Gasteiger partial charge in [0.05, 0.1) is 11.1 Å². The van der Waals surface area contributed by atoms with Crippen LogP contribution in [0.1, 0.15) is 49.5 Å². The Morgan fingerprint density at radius 2 is 1.81 bits per heavy atom. The molecule has 8 heteroatoms. The highest BCUT2D eigenvalue weighted by Gasteiger charge is 2.13. The van der Waals surface area contributed by atoms with Crippen molar-refractivity contribution < 1.29 is 14.3 Å². The van der Waals surface area contributed by atoms with Crippen LogP contribution in [0.3, 0.4) is 0 Å². The van der Waals surface area contributed by atoms with Crippen LogP contribution in [0.2, 0.25) is 0 Å². The highest BCUT2D eigenvalue weighted by molar-refractivity contribution is 9.10. The van der Waals surface area contributed by atoms with E-state index in [1.54, 1.807) is 31.2 Å². The Morgan fingerprint density at radius 3 is 2.42 bits per heavy atom. The number of thiocarbonyl (C=S) groups is 1. The molecule has 0 atom stereocenters. The van der Waals surface area contributed by atoms with Gasteiger partial charge in [0, 0.05) is 23.4 Å². The fourth-order valence-corrected chi connectivity index (χ4v) is 3.33. The van der Waals surface area contributed by atoms with E-state index in [1.807, 2.05) is 19.1 Å². The van der Waals surface area contributed by atoms with Gasteiger partial charge in [-0.05, 0) is 83.3 Å². The molecule has 0 unspecified atom stereocenters. The summed E-state index contributed by atoms with van der Waals surface area (Å²) in [5, 5.41) is 8.71. The first-order valence-electron chi connectivity index (χ1n) is 10.1. The van der Waals surface area contributed by atoms with E-state index in [1.165, 1.54) is 0 Å². The van der Waals surface area contributed by atoms with Crippen LogP contribution in [-0.4, -0.2) is 23.5 Å². The molecule has 0 aliphatic carbocycles. The molecule has 2 amide bonds. The summed E-state index contributed by atoms with van der Waals surface area (Å²) >= 11 is 8.76. The van der Waals surface area contributed by atoms with Gasteiger partial charge in [0.15, 0.2) is 5.11 Å². The Morgan fingerprint density at radius 1 is 1.13 bits per heavy atom. The van der Waals surface area contributed by atoms with Crippen LogP contribution in [0.25, 0.3) is 0 Å². The van der Waals surface area contributed by atoms with E-state index in [-0.39, 0.29) is 16.9 Å². The SMILES string of the molecule is CCC(=O)Nc1cccc(NC(=S)NC(=O)c2ccc(OCCC(C)C)c(Br)c2)c1C. The molecule has 3 N–H and O–H groups in total. The molecule has 0 saturated heterocycles. The van der Waals surface area contributed by atoms with E-state index in [0.29, 0.717) is 46.1 Å². The normalized spacial score (nSPS) is 10.5. The summed E-state index contributed by atoms with van der Waals surface area (Å²) in [6, 6.07) is 10.6. The van der Waals surface area contributed by atoms with E-state index in [4.69, 9.17) is 17.0 Å². The highest BCUT2D eigenvalue weighted by atomic mass is 79.9. The van der Waals surface area contributed by atoms with Gasteiger partial charge in [-0.25, -0.2) is 0 Å². The first-order chi connectivity index (χ1) is 14.7. The maximum absolute atomic E-state index is 12.6. The third-order valence-electron chi connectivity index (χ3n) is 4.55. The van der Waals surface area contributed by atoms with Crippen LogP contribution in [0.4, 0.5) is 11.4 Å². The molecule has 0 aliphatic heterocycles. The van der Waals surface area contributed by atoms with Crippen LogP contribution < -0.4 is 20.7 Å². The second-order valence-corrected chi connectivity index (χ2v) is 8.73. The first-order valence-corrected chi connectivity index (χ1v) is 11.4. The molecule has 31 heavy (non-hydrogen) atoms. The third-order valence-corrected chi connectivity index (χ3v) is 5.37. The Kier molecular flexibility index (Phi) is 9.45. The lowest BCUT2D eigenvalue weighted by Gasteiger charge is -2.15. The molecule has 0 fully saturated rings. The molecule has 0 heterocycles. The van der Waals surface area contributed by atoms with Crippen LogP contribution in [0, 0.1) is 12.8 Å². The molecular formula is C23H28BrN3O3S. The number of amides is 2. The zero-order valence-electron chi connectivity index (χ0n) is 18.2. The lowest BCUT2D eigenvalue weighted by atomic mass is 10.1. The first kappa shape index (κ1) is 24.8. The summed E-state index contributed by atoms with van der Waals surface area (Å²) in [6.07, 6.45) is 1.35. The van der Waals surface area contributed by atoms with Crippen molar-refractivity contribution in [2.75, 3.05) is 17.2 Å². The predicted octanol–water partition coefficient (Wildman–Crippen LogP) is 5.66. The Hall–Kier alpha value is -2.45. The average molecular weight is 506 g/mol. The Bertz CT molecular complexity index is 963. The van der Waals surface area contributed by atoms with Gasteiger partial charge < -0.3 is 15.4 Å². The van der Waals surface area contributed by atoms with Gasteiger partial charge in [-0.3, -0.25) is 14.9 Å². The largest absolute Gasteiger partial charge is 0.492 e. The molecule has 0 aromatic heterocycles. The number of hydrogen-bond acceptors (Lipinski definition) is 4. The smallest absolute Gasteiger partial charge is 0.257 e. The summed E-state index contributed by atoms with van der Waals surface area (Å²) < 4.78 is 6.46. The number of hydrogen-bond donors (Lipinski definition) is 3. The number of carbonyl (C=O) groups is 2. The third kappa shape index (κ3) is 7.63. The molecule has 166 valence electrons. The standard InChI is InChI=1S/C23H28BrN3O3S/c1-5-21(28)25-18-7-6-8-19(15(18)4)26-23(31)27-22(29)16-9-10-20(17(24)13-16)30-12-11-14(2)3/h6-10,13-14H,5,11-12H2,1-4H3,(H,25,28)(H2,26,27,29,31). The maximum Gasteiger partial charge on any atom is 0.257 e. The van der Waals surface area contributed by atoms with Crippen molar-refractivity contribution in [3.8, 4) is 5.75 Å². The van der Waals surface area contributed by atoms with Crippen molar-refractivity contribution in [2.45, 2.75) is 40.5 Å². The van der Waals surface area contributed by atoms with Crippen LogP contribution >= 0.6 is 28.1 Å². The molecule has 6 nitrogen and oxygen atoms in total. The van der Waals surface area contributed by atoms with E-state index in [0.717, 1.165) is 12.0 Å². The minimum atomic E-state index is -0.333. The minimum Gasteiger partial charge on any atom is -0.492 e. The minimum absolute atomic E-state index is 0.0710. The zero-order valence-corrected chi connectivity index (χ0v) is 20.6. The lowest BCUT2D eigenvalue weighted by molar-refractivity contribution is -0.115. The number of halogens is 1. The van der Waals surface area contributed by atoms with Gasteiger partial charge in [-0.15, -0.1) is 0 Å². The maximum atomic E-state index is 12.6. The van der Waals surface area contributed by atoms with Crippen LogP contribution in [0.15, 0.2) is 40.9 Å². The van der Waals surface area contributed by atoms with Crippen molar-refractivity contribution in [3.63, 3.8) is 0 Å². The fourth-order valence-electron chi connectivity index (χ4n) is 2.64. The van der Waals surface area contributed by atoms with E-state index in [9.17, 15) is 9.59 Å². The number of ether oxygens (including phenoxy) is 1. The molecule has 2 aromatic rings. The molecule has 0 aliphatic rings. The zero-order chi connectivity index (χ0) is 23.0. The Balaban J connectivity index is 2.00. The monoisotopic (exact) mass is 505 g/mol. The number of rotatable bonds is 8. The van der Waals surface area contributed by atoms with Crippen molar-refractivity contribution in [2.24, 2.45) is 5.92 Å². The highest BCUT2D eigenvalue weighted by Crippen LogP contribution is 2.27. The van der Waals surface area contributed by atoms with Crippen LogP contribution in [-0.2, 0) is 4.79 Å². The molecule has 0 radical (unpaired) electrons. The summed E-state index contributed by atoms with van der Waals surface area (Å²) in [6.45, 7) is 8.56. The predicted molar refractivity (Wildman–Crippen MR) is 133 cm³/mol. The molecule has 0 saturated carbocycles. The van der Waals surface area contributed by atoms with E-state index in [2.05, 4.69) is 45.7 Å². The molecule has 0 bridgehead atoms. The van der Waals surface area contributed by atoms with Crippen molar-refractivity contribution >= 4 is 56.4 Å². The van der Waals surface area contributed by atoms with Gasteiger partial charge in [0.1, 0.15) is 5.75 Å². The number of carbonyl (C=O) groups excluding carboxylic acids is 2. The van der Waals surface area contributed by atoms with Gasteiger partial charge >= 0.3 is 0 Å². The Labute approximate surface area is 197 Å². The van der Waals surface area contributed by atoms with Crippen LogP contribution in [0.5, 0.6) is 5.75 Å². The second kappa shape index (κ2) is 11.8. The number of benzene rings is 2. The van der Waals surface area contributed by atoms with Crippen molar-refractivity contribution in [1.29, 1.82) is 0 Å². The lowest BCUT2D eigenvalue weighted by Crippen LogP contribution is -2.34. The molecule has 2 aromatic carbocycles. The summed E-state index contributed by atoms with van der Waals surface area (Å²) in [5.74, 6) is 0.849. The summed E-state index contributed by atoms with van der Waals surface area (Å²) in [5.41, 5.74) is 2.68. The quantitative estimate of drug-likeness (QED) is 0.403. The van der Waals surface area contributed by atoms with E-state index >= 15 is 0 Å². The molecule has 2 rings (SSSR count). The van der Waals surface area contributed by atoms with Crippen molar-refractivity contribution in [3.05, 3.63) is 52.0 Å². The van der Waals surface area contributed by atoms with Gasteiger partial charge in [0.2, 0.25) is 5.91 Å². The number of anilines is 2. The summed E-state index contributed by atoms with van der Waals surface area (Å²) in [4.78, 5) is 24.3. The van der Waals surface area contributed by atoms with Gasteiger partial charge in [0.25, 0.3) is 5.91 Å². The summed E-state index contributed by atoms with van der Waals surface area (Å²) in [7, 11) is 0. The number of nitrogens with one attached hydrogen (secondary N) is 3. The topological polar surface area (TPSA) is 79.5 Å². The molecular weight excluding hydrogens is 478 g/mol. The van der Waals surface area contributed by atoms with E-state index < -0.39 is 0 Å². The fraction of sp³-hybridized carbons (Fsp3) is 0.348. The molecule has 0 spiro atoms. The van der Waals surface area contributed by atoms with Gasteiger partial charge in [-0.2, -0.15) is 0 Å². The second-order valence-electron chi connectivity index (χ2n) is 7.46. The average Bonchev–Trinajstić information content (AvgIpc) is 2.71. The van der Waals surface area contributed by atoms with Crippen molar-refractivity contribution in [1.82, 2.24) is 5.32 Å².